The van der Waals surface area contributed by atoms with Crippen molar-refractivity contribution in [3.63, 3.8) is 0 Å². The highest BCUT2D eigenvalue weighted by Gasteiger charge is 2.14. The quantitative estimate of drug-likeness (QED) is 0.583. The van der Waals surface area contributed by atoms with Gasteiger partial charge in [0.05, 0.1) is 10.9 Å². The van der Waals surface area contributed by atoms with Crippen molar-refractivity contribution in [1.82, 2.24) is 19.2 Å². The van der Waals surface area contributed by atoms with Crippen molar-refractivity contribution in [2.75, 3.05) is 0 Å². The van der Waals surface area contributed by atoms with Crippen molar-refractivity contribution in [3.8, 4) is 0 Å². The molecule has 0 aliphatic heterocycles. The van der Waals surface area contributed by atoms with Gasteiger partial charge in [0.15, 0.2) is 0 Å². The molecule has 0 fully saturated rings. The zero-order valence-corrected chi connectivity index (χ0v) is 13.4. The highest BCUT2D eigenvalue weighted by molar-refractivity contribution is 7.71. The maximum Gasteiger partial charge on any atom is 0.262 e. The van der Waals surface area contributed by atoms with Crippen LogP contribution >= 0.6 is 12.2 Å². The van der Waals surface area contributed by atoms with Gasteiger partial charge < -0.3 is 0 Å². The Morgan fingerprint density at radius 2 is 1.96 bits per heavy atom. The fourth-order valence-corrected chi connectivity index (χ4v) is 3.11. The monoisotopic (exact) mass is 340 g/mol. The van der Waals surface area contributed by atoms with E-state index in [2.05, 4.69) is 10.2 Å². The molecule has 0 bridgehead atoms. The molecular formula is C17H13FN4OS. The number of H-pyrrole nitrogens is 1. The third kappa shape index (κ3) is 2.33. The number of halogens is 1. The number of rotatable bonds is 3. The first-order valence-electron chi connectivity index (χ1n) is 7.48. The van der Waals surface area contributed by atoms with E-state index in [9.17, 15) is 9.18 Å². The molecule has 5 nitrogen and oxygen atoms in total. The van der Waals surface area contributed by atoms with E-state index in [0.717, 1.165) is 5.56 Å². The molecule has 2 aromatic carbocycles. The van der Waals surface area contributed by atoms with Crippen LogP contribution in [0.25, 0.3) is 16.7 Å². The van der Waals surface area contributed by atoms with Gasteiger partial charge in [-0.2, -0.15) is 0 Å². The summed E-state index contributed by atoms with van der Waals surface area (Å²) >= 11 is 5.26. The lowest BCUT2D eigenvalue weighted by Crippen LogP contribution is -2.24. The molecule has 120 valence electrons. The van der Waals surface area contributed by atoms with Crippen LogP contribution < -0.4 is 5.56 Å². The van der Waals surface area contributed by atoms with Crippen LogP contribution in [0, 0.1) is 10.6 Å². The molecule has 2 heterocycles. The fourth-order valence-electron chi connectivity index (χ4n) is 2.88. The van der Waals surface area contributed by atoms with E-state index in [-0.39, 0.29) is 10.9 Å². The van der Waals surface area contributed by atoms with Gasteiger partial charge in [-0.3, -0.25) is 13.8 Å². The van der Waals surface area contributed by atoms with E-state index in [4.69, 9.17) is 12.2 Å². The molecule has 4 aromatic rings. The highest BCUT2D eigenvalue weighted by atomic mass is 32.1. The van der Waals surface area contributed by atoms with Gasteiger partial charge in [0.2, 0.25) is 10.5 Å². The Labute approximate surface area is 141 Å². The van der Waals surface area contributed by atoms with Crippen LogP contribution in [-0.4, -0.2) is 19.2 Å². The number of benzene rings is 2. The van der Waals surface area contributed by atoms with Gasteiger partial charge in [0.1, 0.15) is 5.82 Å². The summed E-state index contributed by atoms with van der Waals surface area (Å²) in [5, 5.41) is 7.18. The molecule has 0 radical (unpaired) electrons. The Kier molecular flexibility index (Phi) is 3.50. The summed E-state index contributed by atoms with van der Waals surface area (Å²) in [6.07, 6.45) is 0.664. The number of hydrogen-bond acceptors (Lipinski definition) is 3. The highest BCUT2D eigenvalue weighted by Crippen LogP contribution is 2.15. The zero-order valence-electron chi connectivity index (χ0n) is 12.6. The summed E-state index contributed by atoms with van der Waals surface area (Å²) in [5.41, 5.74) is 1.38. The van der Waals surface area contributed by atoms with Crippen LogP contribution in [0.3, 0.4) is 0 Å². The third-order valence-corrected chi connectivity index (χ3v) is 4.31. The Balaban J connectivity index is 1.94. The van der Waals surface area contributed by atoms with Gasteiger partial charge in [0, 0.05) is 6.54 Å². The molecule has 4 rings (SSSR count). The molecule has 0 atom stereocenters. The third-order valence-electron chi connectivity index (χ3n) is 4.04. The predicted octanol–water partition coefficient (Wildman–Crippen LogP) is 3.09. The molecular weight excluding hydrogens is 327 g/mol. The summed E-state index contributed by atoms with van der Waals surface area (Å²) < 4.78 is 17.2. The summed E-state index contributed by atoms with van der Waals surface area (Å²) in [6, 6.07) is 13.9. The molecule has 0 amide bonds. The van der Waals surface area contributed by atoms with E-state index in [1.807, 2.05) is 30.3 Å². The first kappa shape index (κ1) is 14.8. The van der Waals surface area contributed by atoms with Crippen LogP contribution in [0.4, 0.5) is 4.39 Å². The second kappa shape index (κ2) is 5.68. The average Bonchev–Trinajstić information content (AvgIpc) is 2.97. The zero-order chi connectivity index (χ0) is 16.7. The first-order valence-corrected chi connectivity index (χ1v) is 7.89. The molecule has 1 N–H and O–H groups in total. The van der Waals surface area contributed by atoms with Gasteiger partial charge in [-0.25, -0.2) is 9.49 Å². The lowest BCUT2D eigenvalue weighted by molar-refractivity contribution is 0.628. The van der Waals surface area contributed by atoms with Crippen molar-refractivity contribution in [2.24, 2.45) is 0 Å². The number of fused-ring (bicyclic) bond motifs is 3. The van der Waals surface area contributed by atoms with Crippen LogP contribution in [0.1, 0.15) is 5.56 Å². The molecule has 0 spiro atoms. The maximum absolute atomic E-state index is 13.6. The van der Waals surface area contributed by atoms with Crippen molar-refractivity contribution in [1.29, 1.82) is 0 Å². The maximum atomic E-state index is 13.6. The average molecular weight is 340 g/mol. The second-order valence-corrected chi connectivity index (χ2v) is 5.90. The largest absolute Gasteiger partial charge is 0.276 e. The van der Waals surface area contributed by atoms with Gasteiger partial charge in [-0.15, -0.1) is 5.10 Å². The van der Waals surface area contributed by atoms with E-state index in [1.165, 1.54) is 16.7 Å². The summed E-state index contributed by atoms with van der Waals surface area (Å²) in [5.74, 6) is -0.0244. The van der Waals surface area contributed by atoms with Crippen LogP contribution in [-0.2, 0) is 13.0 Å². The second-order valence-electron chi connectivity index (χ2n) is 5.52. The number of aromatic nitrogens is 4. The minimum Gasteiger partial charge on any atom is -0.276 e. The van der Waals surface area contributed by atoms with Crippen LogP contribution in [0.5, 0.6) is 0 Å². The van der Waals surface area contributed by atoms with E-state index in [0.29, 0.717) is 29.0 Å². The summed E-state index contributed by atoms with van der Waals surface area (Å²) in [4.78, 5) is 12.8. The van der Waals surface area contributed by atoms with E-state index < -0.39 is 5.82 Å². The summed E-state index contributed by atoms with van der Waals surface area (Å²) in [7, 11) is 0. The van der Waals surface area contributed by atoms with E-state index >= 15 is 0 Å². The van der Waals surface area contributed by atoms with Crippen LogP contribution in [0.2, 0.25) is 0 Å². The molecule has 0 saturated heterocycles. The SMILES string of the molecule is O=c1c2cc(F)ccc2n2c(=S)[nH]nc2n1CCc1ccccc1. The topological polar surface area (TPSA) is 55.1 Å². The predicted molar refractivity (Wildman–Crippen MR) is 92.2 cm³/mol. The fraction of sp³-hybridized carbons (Fsp3) is 0.118. The van der Waals surface area contributed by atoms with Crippen LogP contribution in [0.15, 0.2) is 53.3 Å². The molecule has 7 heteroatoms. The molecule has 0 unspecified atom stereocenters. The Hall–Kier alpha value is -2.80. The van der Waals surface area contributed by atoms with Crippen molar-refractivity contribution in [2.45, 2.75) is 13.0 Å². The van der Waals surface area contributed by atoms with Crippen molar-refractivity contribution < 1.29 is 4.39 Å². The minimum atomic E-state index is -0.455. The molecule has 2 aromatic heterocycles. The van der Waals surface area contributed by atoms with Gasteiger partial charge in [-0.1, -0.05) is 30.3 Å². The number of nitrogens with one attached hydrogen (secondary N) is 1. The molecule has 0 saturated carbocycles. The minimum absolute atomic E-state index is 0.276. The first-order chi connectivity index (χ1) is 11.6. The van der Waals surface area contributed by atoms with Gasteiger partial charge in [-0.05, 0) is 42.4 Å². The Morgan fingerprint density at radius 1 is 1.17 bits per heavy atom. The van der Waals surface area contributed by atoms with Gasteiger partial charge >= 0.3 is 0 Å². The molecule has 0 aliphatic carbocycles. The van der Waals surface area contributed by atoms with Crippen molar-refractivity contribution in [3.05, 3.63) is 75.0 Å². The standard InChI is InChI=1S/C17H13FN4OS/c18-12-6-7-14-13(10-12)15(23)21(16-19-20-17(24)22(14)16)9-8-11-4-2-1-3-5-11/h1-7,10H,8-9H2,(H,20,24). The lowest BCUT2D eigenvalue weighted by atomic mass is 10.1. The van der Waals surface area contributed by atoms with Crippen molar-refractivity contribution >= 4 is 28.9 Å². The van der Waals surface area contributed by atoms with E-state index in [1.54, 1.807) is 10.5 Å². The summed E-state index contributed by atoms with van der Waals surface area (Å²) in [6.45, 7) is 0.429. The molecule has 24 heavy (non-hydrogen) atoms. The number of nitrogens with zero attached hydrogens (tertiary/aromatic N) is 3. The smallest absolute Gasteiger partial charge is 0.262 e. The normalized spacial score (nSPS) is 11.4. The lowest BCUT2D eigenvalue weighted by Gasteiger charge is -2.10. The number of hydrogen-bond donors (Lipinski definition) is 1. The Morgan fingerprint density at radius 3 is 2.75 bits per heavy atom. The van der Waals surface area contributed by atoms with Gasteiger partial charge in [0.25, 0.3) is 5.56 Å². The number of aromatic amines is 1. The number of aryl methyl sites for hydroxylation is 2. The molecule has 0 aliphatic rings. The Bertz CT molecular complexity index is 1160.